The summed E-state index contributed by atoms with van der Waals surface area (Å²) >= 11 is 0. The maximum atomic E-state index is 11.8. The van der Waals surface area contributed by atoms with Crippen LogP contribution in [0, 0.1) is 0 Å². The fourth-order valence-corrected chi connectivity index (χ4v) is 2.44. The zero-order chi connectivity index (χ0) is 16.9. The van der Waals surface area contributed by atoms with Gasteiger partial charge < -0.3 is 10.7 Å². The minimum Gasteiger partial charge on any atom is -0.348 e. The lowest BCUT2D eigenvalue weighted by Gasteiger charge is -2.10. The van der Waals surface area contributed by atoms with Crippen LogP contribution in [-0.2, 0) is 16.0 Å². The summed E-state index contributed by atoms with van der Waals surface area (Å²) in [6, 6.07) is -0.738. The molecule has 0 aliphatic rings. The first-order valence-electron chi connectivity index (χ1n) is 8.70. The number of H-pyrrole nitrogens is 1. The molecule has 4 N–H and O–H groups in total. The molecule has 130 valence electrons. The van der Waals surface area contributed by atoms with Crippen molar-refractivity contribution < 1.29 is 9.59 Å². The number of amides is 2. The van der Waals surface area contributed by atoms with Gasteiger partial charge in [0.05, 0.1) is 12.4 Å². The number of hydrogen-bond donors (Lipinski definition) is 3. The van der Waals surface area contributed by atoms with Crippen LogP contribution in [0.5, 0.6) is 0 Å². The first kappa shape index (κ1) is 19.4. The minimum atomic E-state index is -0.738. The van der Waals surface area contributed by atoms with Gasteiger partial charge in [0.1, 0.15) is 0 Å². The summed E-state index contributed by atoms with van der Waals surface area (Å²) in [5.41, 5.74) is 6.56. The molecule has 0 saturated carbocycles. The fraction of sp³-hybridized carbons (Fsp3) is 0.706. The van der Waals surface area contributed by atoms with Crippen LogP contribution in [0.25, 0.3) is 0 Å². The Hall–Kier alpha value is -1.69. The van der Waals surface area contributed by atoms with Crippen molar-refractivity contribution >= 4 is 11.8 Å². The molecule has 0 aliphatic carbocycles. The number of imidazole rings is 1. The maximum Gasteiger partial charge on any atom is 0.243 e. The monoisotopic (exact) mass is 322 g/mol. The first-order valence-corrected chi connectivity index (χ1v) is 8.70. The van der Waals surface area contributed by atoms with Crippen molar-refractivity contribution in [3.8, 4) is 0 Å². The molecule has 0 spiro atoms. The Bertz CT molecular complexity index is 445. The normalized spacial score (nSPS) is 12.1. The Morgan fingerprint density at radius 1 is 1.17 bits per heavy atom. The van der Waals surface area contributed by atoms with Gasteiger partial charge in [0.2, 0.25) is 11.8 Å². The van der Waals surface area contributed by atoms with Crippen LogP contribution in [0.1, 0.15) is 70.4 Å². The summed E-state index contributed by atoms with van der Waals surface area (Å²) in [5.74, 6) is -0.662. The number of imide groups is 1. The van der Waals surface area contributed by atoms with Crippen LogP contribution >= 0.6 is 0 Å². The van der Waals surface area contributed by atoms with Crippen molar-refractivity contribution in [1.82, 2.24) is 15.3 Å². The number of nitrogens with zero attached hydrogens (tertiary/aromatic N) is 1. The number of aromatic amines is 1. The van der Waals surface area contributed by atoms with Crippen LogP contribution in [0.4, 0.5) is 0 Å². The highest BCUT2D eigenvalue weighted by atomic mass is 16.2. The highest BCUT2D eigenvalue weighted by molar-refractivity contribution is 5.97. The molecular weight excluding hydrogens is 292 g/mol. The molecule has 0 aliphatic heterocycles. The van der Waals surface area contributed by atoms with E-state index in [1.807, 2.05) is 0 Å². The molecule has 0 radical (unpaired) electrons. The van der Waals surface area contributed by atoms with Gasteiger partial charge in [0.15, 0.2) is 0 Å². The third-order valence-electron chi connectivity index (χ3n) is 3.85. The molecule has 1 aromatic heterocycles. The van der Waals surface area contributed by atoms with Crippen LogP contribution in [0.15, 0.2) is 12.5 Å². The third-order valence-corrected chi connectivity index (χ3v) is 3.85. The van der Waals surface area contributed by atoms with Gasteiger partial charge >= 0.3 is 0 Å². The van der Waals surface area contributed by atoms with E-state index in [4.69, 9.17) is 5.73 Å². The van der Waals surface area contributed by atoms with E-state index in [-0.39, 0.29) is 5.91 Å². The second-order valence-electron chi connectivity index (χ2n) is 6.02. The van der Waals surface area contributed by atoms with Gasteiger partial charge in [-0.3, -0.25) is 14.9 Å². The fourth-order valence-electron chi connectivity index (χ4n) is 2.44. The van der Waals surface area contributed by atoms with Crippen molar-refractivity contribution in [1.29, 1.82) is 0 Å². The summed E-state index contributed by atoms with van der Waals surface area (Å²) in [4.78, 5) is 30.3. The third kappa shape index (κ3) is 9.13. The van der Waals surface area contributed by atoms with Crippen LogP contribution in [0.2, 0.25) is 0 Å². The topological polar surface area (TPSA) is 101 Å². The summed E-state index contributed by atoms with van der Waals surface area (Å²) in [7, 11) is 0. The van der Waals surface area contributed by atoms with Crippen LogP contribution in [-0.4, -0.2) is 27.8 Å². The van der Waals surface area contributed by atoms with E-state index in [1.54, 1.807) is 6.20 Å². The summed E-state index contributed by atoms with van der Waals surface area (Å²) in [5, 5.41) is 2.37. The quantitative estimate of drug-likeness (QED) is 0.514. The molecular formula is C17H30N4O2. The SMILES string of the molecule is CCCCCCCCCCC(=O)NC(=O)[C@@H](N)Cc1cnc[nH]1. The van der Waals surface area contributed by atoms with Crippen LogP contribution < -0.4 is 11.1 Å². The minimum absolute atomic E-state index is 0.235. The Balaban J connectivity index is 2.05. The van der Waals surface area contributed by atoms with Gasteiger partial charge in [-0.2, -0.15) is 0 Å². The number of nitrogens with two attached hydrogens (primary N) is 1. The Labute approximate surface area is 138 Å². The molecule has 0 unspecified atom stereocenters. The molecule has 6 heteroatoms. The number of aromatic nitrogens is 2. The molecule has 1 atom stereocenters. The summed E-state index contributed by atoms with van der Waals surface area (Å²) < 4.78 is 0. The number of carbonyl (C=O) groups is 2. The zero-order valence-corrected chi connectivity index (χ0v) is 14.1. The molecule has 2 amide bonds. The maximum absolute atomic E-state index is 11.8. The number of nitrogens with one attached hydrogen (secondary N) is 2. The lowest BCUT2D eigenvalue weighted by molar-refractivity contribution is -0.131. The van der Waals surface area contributed by atoms with Crippen molar-refractivity contribution in [3.05, 3.63) is 18.2 Å². The largest absolute Gasteiger partial charge is 0.348 e. The Morgan fingerprint density at radius 2 is 1.83 bits per heavy atom. The molecule has 0 aromatic carbocycles. The molecule has 23 heavy (non-hydrogen) atoms. The van der Waals surface area contributed by atoms with Gasteiger partial charge in [0, 0.05) is 24.7 Å². The van der Waals surface area contributed by atoms with E-state index in [0.717, 1.165) is 25.0 Å². The standard InChI is InChI=1S/C17H30N4O2/c1-2-3-4-5-6-7-8-9-10-16(22)21-17(23)15(18)11-14-12-19-13-20-14/h12-13,15H,2-11,18H2,1H3,(H,19,20)(H,21,22,23)/t15-/m0/s1. The number of hydrogen-bond acceptors (Lipinski definition) is 4. The van der Waals surface area contributed by atoms with Crippen molar-refractivity contribution in [2.24, 2.45) is 5.73 Å². The van der Waals surface area contributed by atoms with Crippen molar-refractivity contribution in [2.45, 2.75) is 77.2 Å². The highest BCUT2D eigenvalue weighted by Crippen LogP contribution is 2.09. The lowest BCUT2D eigenvalue weighted by atomic mass is 10.1. The van der Waals surface area contributed by atoms with E-state index < -0.39 is 11.9 Å². The first-order chi connectivity index (χ1) is 11.1. The highest BCUT2D eigenvalue weighted by Gasteiger charge is 2.17. The van der Waals surface area contributed by atoms with E-state index >= 15 is 0 Å². The second-order valence-corrected chi connectivity index (χ2v) is 6.02. The molecule has 1 aromatic rings. The lowest BCUT2D eigenvalue weighted by Crippen LogP contribution is -2.44. The van der Waals surface area contributed by atoms with Gasteiger partial charge in [0.25, 0.3) is 0 Å². The molecule has 1 heterocycles. The van der Waals surface area contributed by atoms with E-state index in [1.165, 1.54) is 38.4 Å². The zero-order valence-electron chi connectivity index (χ0n) is 14.1. The molecule has 1 rings (SSSR count). The second kappa shape index (κ2) is 11.8. The average Bonchev–Trinajstić information content (AvgIpc) is 3.02. The van der Waals surface area contributed by atoms with Gasteiger partial charge in [-0.15, -0.1) is 0 Å². The number of carbonyl (C=O) groups excluding carboxylic acids is 2. The van der Waals surface area contributed by atoms with Crippen molar-refractivity contribution in [2.75, 3.05) is 0 Å². The van der Waals surface area contributed by atoms with Gasteiger partial charge in [-0.1, -0.05) is 51.9 Å². The molecule has 6 nitrogen and oxygen atoms in total. The molecule has 0 bridgehead atoms. The average molecular weight is 322 g/mol. The predicted octanol–water partition coefficient (Wildman–Crippen LogP) is 2.45. The molecule has 0 fully saturated rings. The number of unbranched alkanes of at least 4 members (excludes halogenated alkanes) is 7. The van der Waals surface area contributed by atoms with E-state index in [2.05, 4.69) is 22.2 Å². The predicted molar refractivity (Wildman–Crippen MR) is 90.6 cm³/mol. The van der Waals surface area contributed by atoms with E-state index in [9.17, 15) is 9.59 Å². The Morgan fingerprint density at radius 3 is 2.43 bits per heavy atom. The summed E-state index contributed by atoms with van der Waals surface area (Å²) in [6.07, 6.45) is 13.3. The van der Waals surface area contributed by atoms with Crippen LogP contribution in [0.3, 0.4) is 0 Å². The summed E-state index contributed by atoms with van der Waals surface area (Å²) in [6.45, 7) is 2.21. The smallest absolute Gasteiger partial charge is 0.243 e. The van der Waals surface area contributed by atoms with Gasteiger partial charge in [-0.25, -0.2) is 4.98 Å². The number of rotatable bonds is 12. The Kier molecular flexibility index (Phi) is 9.95. The van der Waals surface area contributed by atoms with Crippen molar-refractivity contribution in [3.63, 3.8) is 0 Å². The molecule has 0 saturated heterocycles. The van der Waals surface area contributed by atoms with Gasteiger partial charge in [-0.05, 0) is 6.42 Å². The van der Waals surface area contributed by atoms with E-state index in [0.29, 0.717) is 12.8 Å².